The molecule has 0 spiro atoms. The smallest absolute Gasteiger partial charge is 0.308 e. The maximum Gasteiger partial charge on any atom is 0.308 e. The summed E-state index contributed by atoms with van der Waals surface area (Å²) in [5.41, 5.74) is 5.28. The molecule has 2 saturated heterocycles. The molecule has 6 heteroatoms. The highest BCUT2D eigenvalue weighted by molar-refractivity contribution is 5.84. The van der Waals surface area contributed by atoms with Crippen LogP contribution < -0.4 is 5.73 Å². The van der Waals surface area contributed by atoms with Gasteiger partial charge in [-0.25, -0.2) is 0 Å². The largest absolute Gasteiger partial charge is 0.481 e. The van der Waals surface area contributed by atoms with Crippen LogP contribution in [-0.4, -0.2) is 54.7 Å². The van der Waals surface area contributed by atoms with Crippen LogP contribution in [0.3, 0.4) is 0 Å². The summed E-state index contributed by atoms with van der Waals surface area (Å²) in [4.78, 5) is 25.4. The van der Waals surface area contributed by atoms with Gasteiger partial charge in [0.25, 0.3) is 0 Å². The first-order valence-electron chi connectivity index (χ1n) is 6.89. The zero-order valence-corrected chi connectivity index (χ0v) is 11.1. The molecule has 0 aliphatic carbocycles. The second kappa shape index (κ2) is 5.88. The molecular weight excluding hydrogens is 248 g/mol. The molecule has 0 bridgehead atoms. The van der Waals surface area contributed by atoms with Crippen LogP contribution in [0.2, 0.25) is 0 Å². The van der Waals surface area contributed by atoms with Crippen molar-refractivity contribution in [2.75, 3.05) is 32.8 Å². The van der Waals surface area contributed by atoms with Gasteiger partial charge < -0.3 is 20.5 Å². The Morgan fingerprint density at radius 1 is 1.37 bits per heavy atom. The van der Waals surface area contributed by atoms with E-state index in [1.54, 1.807) is 4.90 Å². The fourth-order valence-corrected chi connectivity index (χ4v) is 2.97. The third kappa shape index (κ3) is 2.90. The lowest BCUT2D eigenvalue weighted by molar-refractivity contribution is -0.152. The van der Waals surface area contributed by atoms with Crippen LogP contribution >= 0.6 is 0 Å². The van der Waals surface area contributed by atoms with E-state index in [2.05, 4.69) is 0 Å². The van der Waals surface area contributed by atoms with E-state index in [0.717, 1.165) is 6.42 Å². The van der Waals surface area contributed by atoms with Gasteiger partial charge in [0.15, 0.2) is 0 Å². The van der Waals surface area contributed by atoms with Gasteiger partial charge in [-0.1, -0.05) is 0 Å². The number of hydrogen-bond acceptors (Lipinski definition) is 4. The van der Waals surface area contributed by atoms with Crippen molar-refractivity contribution in [3.05, 3.63) is 0 Å². The fraction of sp³-hybridized carbons (Fsp3) is 0.846. The van der Waals surface area contributed by atoms with Crippen LogP contribution in [0.15, 0.2) is 0 Å². The highest BCUT2D eigenvalue weighted by Gasteiger charge is 2.43. The third-order valence-electron chi connectivity index (χ3n) is 4.35. The highest BCUT2D eigenvalue weighted by atomic mass is 16.5. The minimum Gasteiger partial charge on any atom is -0.481 e. The SMILES string of the molecule is NCC1(C(=O)N2CCCC(C(=O)O)C2)CCOCC1. The number of carbonyl (C=O) groups excluding carboxylic acids is 1. The van der Waals surface area contributed by atoms with Crippen LogP contribution in [0.4, 0.5) is 0 Å². The number of likely N-dealkylation sites (tertiary alicyclic amines) is 1. The van der Waals surface area contributed by atoms with E-state index in [1.807, 2.05) is 0 Å². The van der Waals surface area contributed by atoms with E-state index >= 15 is 0 Å². The summed E-state index contributed by atoms with van der Waals surface area (Å²) in [6, 6.07) is 0. The standard InChI is InChI=1S/C13H22N2O4/c14-9-13(3-6-19-7-4-13)12(18)15-5-1-2-10(8-15)11(16)17/h10H,1-9,14H2,(H,16,17). The molecule has 1 atom stereocenters. The summed E-state index contributed by atoms with van der Waals surface area (Å²) in [5.74, 6) is -1.23. The average molecular weight is 270 g/mol. The van der Waals surface area contributed by atoms with Gasteiger partial charge in [-0.05, 0) is 25.7 Å². The Morgan fingerprint density at radius 3 is 2.63 bits per heavy atom. The molecule has 3 N–H and O–H groups in total. The zero-order valence-electron chi connectivity index (χ0n) is 11.1. The Bertz CT molecular complexity index is 353. The minimum atomic E-state index is -0.814. The van der Waals surface area contributed by atoms with E-state index in [9.17, 15) is 9.59 Å². The number of carboxylic acids is 1. The van der Waals surface area contributed by atoms with E-state index in [-0.39, 0.29) is 5.91 Å². The van der Waals surface area contributed by atoms with Gasteiger partial charge in [0.05, 0.1) is 11.3 Å². The second-order valence-corrected chi connectivity index (χ2v) is 5.53. The Kier molecular flexibility index (Phi) is 4.42. The molecule has 0 aromatic rings. The highest BCUT2D eigenvalue weighted by Crippen LogP contribution is 2.33. The zero-order chi connectivity index (χ0) is 13.9. The van der Waals surface area contributed by atoms with Crippen molar-refractivity contribution in [1.29, 1.82) is 0 Å². The van der Waals surface area contributed by atoms with Gasteiger partial charge in [0, 0.05) is 32.8 Å². The van der Waals surface area contributed by atoms with Crippen LogP contribution in [0.1, 0.15) is 25.7 Å². The molecule has 2 heterocycles. The predicted octanol–water partition coefficient (Wildman–Crippen LogP) is 0.0651. The predicted molar refractivity (Wildman–Crippen MR) is 68.5 cm³/mol. The molecule has 0 saturated carbocycles. The maximum atomic E-state index is 12.7. The number of aliphatic carboxylic acids is 1. The van der Waals surface area contributed by atoms with Crippen molar-refractivity contribution in [3.63, 3.8) is 0 Å². The molecule has 1 amide bonds. The molecule has 2 aliphatic heterocycles. The molecule has 0 aromatic carbocycles. The number of piperidine rings is 1. The van der Waals surface area contributed by atoms with E-state index in [0.29, 0.717) is 52.1 Å². The number of amides is 1. The van der Waals surface area contributed by atoms with Crippen LogP contribution in [0, 0.1) is 11.3 Å². The summed E-state index contributed by atoms with van der Waals surface area (Å²) < 4.78 is 5.30. The Balaban J connectivity index is 2.06. The van der Waals surface area contributed by atoms with E-state index < -0.39 is 17.3 Å². The van der Waals surface area contributed by atoms with E-state index in [1.165, 1.54) is 0 Å². The molecule has 108 valence electrons. The van der Waals surface area contributed by atoms with Gasteiger partial charge in [-0.3, -0.25) is 9.59 Å². The van der Waals surface area contributed by atoms with Crippen molar-refractivity contribution in [1.82, 2.24) is 4.90 Å². The Morgan fingerprint density at radius 2 is 2.05 bits per heavy atom. The molecule has 19 heavy (non-hydrogen) atoms. The maximum absolute atomic E-state index is 12.7. The topological polar surface area (TPSA) is 92.9 Å². The van der Waals surface area contributed by atoms with Gasteiger partial charge in [0.1, 0.15) is 0 Å². The Labute approximate surface area is 112 Å². The molecular formula is C13H22N2O4. The molecule has 1 unspecified atom stereocenters. The summed E-state index contributed by atoms with van der Waals surface area (Å²) in [7, 11) is 0. The van der Waals surface area contributed by atoms with Crippen molar-refractivity contribution in [2.45, 2.75) is 25.7 Å². The number of carbonyl (C=O) groups is 2. The van der Waals surface area contributed by atoms with Crippen LogP contribution in [-0.2, 0) is 14.3 Å². The summed E-state index contributed by atoms with van der Waals surface area (Å²) >= 11 is 0. The van der Waals surface area contributed by atoms with Crippen molar-refractivity contribution >= 4 is 11.9 Å². The lowest BCUT2D eigenvalue weighted by atomic mass is 9.78. The first-order valence-corrected chi connectivity index (χ1v) is 6.89. The number of nitrogens with two attached hydrogens (primary N) is 1. The monoisotopic (exact) mass is 270 g/mol. The van der Waals surface area contributed by atoms with Crippen molar-refractivity contribution in [2.24, 2.45) is 17.1 Å². The first kappa shape index (κ1) is 14.3. The Hall–Kier alpha value is -1.14. The fourth-order valence-electron chi connectivity index (χ4n) is 2.97. The number of nitrogens with zero attached hydrogens (tertiary/aromatic N) is 1. The first-order chi connectivity index (χ1) is 9.09. The number of hydrogen-bond donors (Lipinski definition) is 2. The average Bonchev–Trinajstić information content (AvgIpc) is 2.47. The normalized spacial score (nSPS) is 27.0. The number of rotatable bonds is 3. The van der Waals surface area contributed by atoms with Gasteiger partial charge >= 0.3 is 5.97 Å². The third-order valence-corrected chi connectivity index (χ3v) is 4.35. The van der Waals surface area contributed by atoms with Gasteiger partial charge in [-0.15, -0.1) is 0 Å². The lowest BCUT2D eigenvalue weighted by Gasteiger charge is -2.41. The molecule has 0 radical (unpaired) electrons. The molecule has 2 rings (SSSR count). The number of carboxylic acid groups (broad SMARTS) is 1. The minimum absolute atomic E-state index is 0.0178. The quantitative estimate of drug-likeness (QED) is 0.756. The van der Waals surface area contributed by atoms with Crippen molar-refractivity contribution in [3.8, 4) is 0 Å². The molecule has 6 nitrogen and oxygen atoms in total. The molecule has 0 aromatic heterocycles. The molecule has 2 fully saturated rings. The van der Waals surface area contributed by atoms with Crippen LogP contribution in [0.5, 0.6) is 0 Å². The second-order valence-electron chi connectivity index (χ2n) is 5.53. The summed E-state index contributed by atoms with van der Waals surface area (Å²) in [6.07, 6.45) is 2.67. The lowest BCUT2D eigenvalue weighted by Crippen LogP contribution is -2.53. The summed E-state index contributed by atoms with van der Waals surface area (Å²) in [6.45, 7) is 2.38. The van der Waals surface area contributed by atoms with Gasteiger partial charge in [0.2, 0.25) is 5.91 Å². The number of ether oxygens (including phenoxy) is 1. The van der Waals surface area contributed by atoms with E-state index in [4.69, 9.17) is 15.6 Å². The van der Waals surface area contributed by atoms with Crippen LogP contribution in [0.25, 0.3) is 0 Å². The summed E-state index contributed by atoms with van der Waals surface area (Å²) in [5, 5.41) is 9.09. The molecule has 2 aliphatic rings. The van der Waals surface area contributed by atoms with Crippen molar-refractivity contribution < 1.29 is 19.4 Å². The van der Waals surface area contributed by atoms with Gasteiger partial charge in [-0.2, -0.15) is 0 Å².